The second-order valence-corrected chi connectivity index (χ2v) is 5.49. The number of carbonyl (C=O) groups excluding carboxylic acids is 3. The normalized spacial score (nSPS) is 16.7. The van der Waals surface area contributed by atoms with Crippen LogP contribution >= 0.6 is 0 Å². The zero-order valence-corrected chi connectivity index (χ0v) is 13.5. The van der Waals surface area contributed by atoms with Gasteiger partial charge in [0.15, 0.2) is 0 Å². The van der Waals surface area contributed by atoms with Gasteiger partial charge in [-0.05, 0) is 5.56 Å². The molecule has 2 rings (SSSR count). The van der Waals surface area contributed by atoms with E-state index in [0.717, 1.165) is 10.5 Å². The molecule has 4 amide bonds. The quantitative estimate of drug-likeness (QED) is 0.579. The van der Waals surface area contributed by atoms with Gasteiger partial charge in [0.25, 0.3) is 5.91 Å². The Balaban J connectivity index is 2.01. The number of hydrogen-bond acceptors (Lipinski definition) is 3. The summed E-state index contributed by atoms with van der Waals surface area (Å²) in [6.07, 6.45) is 3.58. The fourth-order valence-electron chi connectivity index (χ4n) is 2.54. The SMILES string of the molecule is C=CCN(CC=C)C(=O)CN1C(=O)NC(Cc2ccccc2)C1=O. The summed E-state index contributed by atoms with van der Waals surface area (Å²) in [4.78, 5) is 39.2. The van der Waals surface area contributed by atoms with Gasteiger partial charge in [-0.15, -0.1) is 13.2 Å². The molecule has 1 aromatic carbocycles. The van der Waals surface area contributed by atoms with Gasteiger partial charge in [-0.2, -0.15) is 0 Å². The number of carbonyl (C=O) groups is 3. The predicted octanol–water partition coefficient (Wildman–Crippen LogP) is 1.35. The van der Waals surface area contributed by atoms with Crippen LogP contribution in [0.1, 0.15) is 5.56 Å². The summed E-state index contributed by atoms with van der Waals surface area (Å²) in [5.74, 6) is -0.701. The third-order valence-electron chi connectivity index (χ3n) is 3.73. The van der Waals surface area contributed by atoms with E-state index in [9.17, 15) is 14.4 Å². The highest BCUT2D eigenvalue weighted by Crippen LogP contribution is 2.12. The Morgan fingerprint density at radius 3 is 2.38 bits per heavy atom. The first-order valence-electron chi connectivity index (χ1n) is 7.72. The highest BCUT2D eigenvalue weighted by Gasteiger charge is 2.39. The van der Waals surface area contributed by atoms with Crippen LogP contribution in [0.15, 0.2) is 55.6 Å². The molecule has 1 N–H and O–H groups in total. The van der Waals surface area contributed by atoms with Crippen molar-refractivity contribution in [3.05, 3.63) is 61.2 Å². The maximum Gasteiger partial charge on any atom is 0.325 e. The second kappa shape index (κ2) is 8.10. The third-order valence-corrected chi connectivity index (χ3v) is 3.73. The van der Waals surface area contributed by atoms with Gasteiger partial charge < -0.3 is 10.2 Å². The Kier molecular flexibility index (Phi) is 5.89. The predicted molar refractivity (Wildman–Crippen MR) is 91.2 cm³/mol. The van der Waals surface area contributed by atoms with Crippen molar-refractivity contribution in [3.63, 3.8) is 0 Å². The average Bonchev–Trinajstić information content (AvgIpc) is 2.83. The van der Waals surface area contributed by atoms with E-state index in [1.54, 1.807) is 12.2 Å². The molecule has 1 aliphatic heterocycles. The van der Waals surface area contributed by atoms with Crippen molar-refractivity contribution in [2.24, 2.45) is 0 Å². The summed E-state index contributed by atoms with van der Waals surface area (Å²) >= 11 is 0. The summed E-state index contributed by atoms with van der Waals surface area (Å²) in [7, 11) is 0. The number of imide groups is 1. The van der Waals surface area contributed by atoms with Crippen LogP contribution in [0.2, 0.25) is 0 Å². The van der Waals surface area contributed by atoms with Crippen LogP contribution in [-0.2, 0) is 16.0 Å². The molecule has 0 aliphatic carbocycles. The first kappa shape index (κ1) is 17.5. The Morgan fingerprint density at radius 1 is 1.17 bits per heavy atom. The molecule has 0 radical (unpaired) electrons. The van der Waals surface area contributed by atoms with Crippen molar-refractivity contribution < 1.29 is 14.4 Å². The van der Waals surface area contributed by atoms with Crippen LogP contribution in [0.3, 0.4) is 0 Å². The summed E-state index contributed by atoms with van der Waals surface area (Å²) < 4.78 is 0. The summed E-state index contributed by atoms with van der Waals surface area (Å²) in [6, 6.07) is 8.25. The molecular formula is C18H21N3O3. The van der Waals surface area contributed by atoms with Crippen LogP contribution in [0, 0.1) is 0 Å². The molecule has 0 aromatic heterocycles. The summed E-state index contributed by atoms with van der Waals surface area (Å²) in [6.45, 7) is 7.59. The Morgan fingerprint density at radius 2 is 1.79 bits per heavy atom. The van der Waals surface area contributed by atoms with Crippen molar-refractivity contribution in [1.29, 1.82) is 0 Å². The van der Waals surface area contributed by atoms with E-state index in [1.165, 1.54) is 4.90 Å². The lowest BCUT2D eigenvalue weighted by atomic mass is 10.1. The number of hydrogen-bond donors (Lipinski definition) is 1. The zero-order chi connectivity index (χ0) is 17.5. The minimum atomic E-state index is -0.639. The molecule has 1 aromatic rings. The van der Waals surface area contributed by atoms with Gasteiger partial charge >= 0.3 is 6.03 Å². The number of nitrogens with one attached hydrogen (secondary N) is 1. The number of benzene rings is 1. The molecule has 6 heteroatoms. The summed E-state index contributed by atoms with van der Waals surface area (Å²) in [5, 5.41) is 2.64. The number of amides is 4. The first-order valence-corrected chi connectivity index (χ1v) is 7.72. The molecule has 6 nitrogen and oxygen atoms in total. The molecule has 1 unspecified atom stereocenters. The van der Waals surface area contributed by atoms with E-state index in [0.29, 0.717) is 19.5 Å². The molecule has 1 atom stereocenters. The number of rotatable bonds is 8. The maximum atomic E-state index is 12.4. The van der Waals surface area contributed by atoms with Gasteiger partial charge in [0.1, 0.15) is 12.6 Å². The van der Waals surface area contributed by atoms with Crippen molar-refractivity contribution in [2.45, 2.75) is 12.5 Å². The van der Waals surface area contributed by atoms with Gasteiger partial charge in [0.05, 0.1) is 0 Å². The molecule has 1 heterocycles. The highest BCUT2D eigenvalue weighted by molar-refractivity contribution is 6.06. The van der Waals surface area contributed by atoms with E-state index >= 15 is 0 Å². The van der Waals surface area contributed by atoms with Crippen molar-refractivity contribution in [2.75, 3.05) is 19.6 Å². The van der Waals surface area contributed by atoms with Crippen LogP contribution in [0.25, 0.3) is 0 Å². The molecule has 0 saturated carbocycles. The van der Waals surface area contributed by atoms with Gasteiger partial charge in [-0.25, -0.2) is 4.79 Å². The third kappa shape index (κ3) is 4.10. The largest absolute Gasteiger partial charge is 0.334 e. The number of nitrogens with zero attached hydrogens (tertiary/aromatic N) is 2. The monoisotopic (exact) mass is 327 g/mol. The molecule has 0 bridgehead atoms. The van der Waals surface area contributed by atoms with E-state index in [2.05, 4.69) is 18.5 Å². The lowest BCUT2D eigenvalue weighted by molar-refractivity contribution is -0.136. The molecule has 0 spiro atoms. The first-order chi connectivity index (χ1) is 11.6. The molecule has 1 aliphatic rings. The highest BCUT2D eigenvalue weighted by atomic mass is 16.2. The van der Waals surface area contributed by atoms with E-state index in [1.807, 2.05) is 30.3 Å². The second-order valence-electron chi connectivity index (χ2n) is 5.49. The smallest absolute Gasteiger partial charge is 0.325 e. The minimum Gasteiger partial charge on any atom is -0.334 e. The van der Waals surface area contributed by atoms with Gasteiger partial charge in [-0.1, -0.05) is 42.5 Å². The maximum absolute atomic E-state index is 12.4. The van der Waals surface area contributed by atoms with Crippen molar-refractivity contribution in [1.82, 2.24) is 15.1 Å². The fraction of sp³-hybridized carbons (Fsp3) is 0.278. The molecule has 24 heavy (non-hydrogen) atoms. The van der Waals surface area contributed by atoms with E-state index in [4.69, 9.17) is 0 Å². The average molecular weight is 327 g/mol. The van der Waals surface area contributed by atoms with Crippen LogP contribution in [0.5, 0.6) is 0 Å². The van der Waals surface area contributed by atoms with Crippen LogP contribution < -0.4 is 5.32 Å². The fourth-order valence-corrected chi connectivity index (χ4v) is 2.54. The molecule has 1 fully saturated rings. The number of urea groups is 1. The van der Waals surface area contributed by atoms with Gasteiger partial charge in [0, 0.05) is 19.5 Å². The lowest BCUT2D eigenvalue weighted by Gasteiger charge is -2.21. The topological polar surface area (TPSA) is 69.7 Å². The Bertz CT molecular complexity index is 632. The van der Waals surface area contributed by atoms with Gasteiger partial charge in [-0.3, -0.25) is 14.5 Å². The van der Waals surface area contributed by atoms with Gasteiger partial charge in [0.2, 0.25) is 5.91 Å². The lowest BCUT2D eigenvalue weighted by Crippen LogP contribution is -2.43. The van der Waals surface area contributed by atoms with Crippen molar-refractivity contribution in [3.8, 4) is 0 Å². The Labute approximate surface area is 141 Å². The van der Waals surface area contributed by atoms with Crippen molar-refractivity contribution >= 4 is 17.8 Å². The molecule has 1 saturated heterocycles. The van der Waals surface area contributed by atoms with Crippen LogP contribution in [0.4, 0.5) is 4.79 Å². The van der Waals surface area contributed by atoms with E-state index < -0.39 is 12.1 Å². The Hall–Kier alpha value is -2.89. The van der Waals surface area contributed by atoms with E-state index in [-0.39, 0.29) is 18.4 Å². The molecule has 126 valence electrons. The zero-order valence-electron chi connectivity index (χ0n) is 13.5. The van der Waals surface area contributed by atoms with Crippen LogP contribution in [-0.4, -0.2) is 53.3 Å². The molecular weight excluding hydrogens is 306 g/mol. The standard InChI is InChI=1S/C18H21N3O3/c1-3-10-20(11-4-2)16(22)13-21-17(23)15(19-18(21)24)12-14-8-6-5-7-9-14/h3-9,15H,1-2,10-13H2,(H,19,24). The minimum absolute atomic E-state index is 0.280. The summed E-state index contributed by atoms with van der Waals surface area (Å²) in [5.41, 5.74) is 0.948.